The average Bonchev–Trinajstić information content (AvgIpc) is 2.46. The van der Waals surface area contributed by atoms with E-state index in [9.17, 15) is 8.78 Å². The Morgan fingerprint density at radius 1 is 1.14 bits per heavy atom. The number of benzene rings is 1. The highest BCUT2D eigenvalue weighted by molar-refractivity contribution is 5.64. The van der Waals surface area contributed by atoms with Gasteiger partial charge in [-0.25, -0.2) is 24.6 Å². The van der Waals surface area contributed by atoms with E-state index < -0.39 is 11.6 Å². The minimum atomic E-state index is -0.919. The summed E-state index contributed by atoms with van der Waals surface area (Å²) in [6.45, 7) is 3.80. The largest absolute Gasteiger partial charge is 0.340 e. The smallest absolute Gasteiger partial charge is 0.160 e. The molecular weight excluding hydrogens is 276 g/mol. The molecule has 0 atom stereocenters. The van der Waals surface area contributed by atoms with Gasteiger partial charge in [-0.05, 0) is 25.5 Å². The lowest BCUT2D eigenvalue weighted by atomic mass is 10.2. The van der Waals surface area contributed by atoms with Crippen molar-refractivity contribution >= 4 is 17.3 Å². The molecule has 21 heavy (non-hydrogen) atoms. The molecule has 112 valence electrons. The highest BCUT2D eigenvalue weighted by Crippen LogP contribution is 2.24. The molecule has 0 saturated heterocycles. The van der Waals surface area contributed by atoms with Gasteiger partial charge in [-0.15, -0.1) is 0 Å². The maximum absolute atomic E-state index is 13.2. The van der Waals surface area contributed by atoms with E-state index in [0.717, 1.165) is 18.6 Å². The summed E-state index contributed by atoms with van der Waals surface area (Å²) in [5.74, 6) is 5.26. The number of nitrogen functional groups attached to an aromatic ring is 1. The number of aryl methyl sites for hydroxylation is 1. The van der Waals surface area contributed by atoms with Crippen molar-refractivity contribution in [3.63, 3.8) is 0 Å². The lowest BCUT2D eigenvalue weighted by molar-refractivity contribution is 0.509. The fourth-order valence-electron chi connectivity index (χ4n) is 1.87. The highest BCUT2D eigenvalue weighted by atomic mass is 19.2. The number of hydrogen-bond donors (Lipinski definition) is 3. The first-order valence-electron chi connectivity index (χ1n) is 6.61. The van der Waals surface area contributed by atoms with Crippen molar-refractivity contribution in [2.45, 2.75) is 26.7 Å². The van der Waals surface area contributed by atoms with Crippen LogP contribution in [0, 0.1) is 18.6 Å². The first-order chi connectivity index (χ1) is 10.0. The van der Waals surface area contributed by atoms with Crippen molar-refractivity contribution in [3.8, 4) is 0 Å². The average molecular weight is 293 g/mol. The normalized spacial score (nSPS) is 10.5. The van der Waals surface area contributed by atoms with Gasteiger partial charge >= 0.3 is 0 Å². The van der Waals surface area contributed by atoms with Gasteiger partial charge in [-0.3, -0.25) is 0 Å². The van der Waals surface area contributed by atoms with Crippen LogP contribution in [0.2, 0.25) is 0 Å². The van der Waals surface area contributed by atoms with Crippen molar-refractivity contribution in [1.29, 1.82) is 0 Å². The van der Waals surface area contributed by atoms with Crippen LogP contribution in [0.3, 0.4) is 0 Å². The minimum Gasteiger partial charge on any atom is -0.340 e. The van der Waals surface area contributed by atoms with Crippen molar-refractivity contribution in [2.24, 2.45) is 5.84 Å². The molecule has 7 heteroatoms. The summed E-state index contributed by atoms with van der Waals surface area (Å²) in [4.78, 5) is 8.68. The SMILES string of the molecule is CCCc1nc(NN)c(C)c(Nc2ccc(F)c(F)c2)n1. The Morgan fingerprint density at radius 2 is 1.86 bits per heavy atom. The summed E-state index contributed by atoms with van der Waals surface area (Å²) in [5, 5.41) is 2.96. The number of halogens is 2. The van der Waals surface area contributed by atoms with Gasteiger partial charge in [0.05, 0.1) is 0 Å². The number of nitrogens with two attached hydrogens (primary N) is 1. The molecule has 2 aromatic rings. The van der Waals surface area contributed by atoms with Crippen LogP contribution in [0.5, 0.6) is 0 Å². The molecule has 0 fully saturated rings. The first kappa shape index (κ1) is 15.1. The molecule has 1 aromatic heterocycles. The minimum absolute atomic E-state index is 0.404. The molecule has 0 aliphatic heterocycles. The van der Waals surface area contributed by atoms with Crippen LogP contribution in [-0.4, -0.2) is 9.97 Å². The van der Waals surface area contributed by atoms with Crippen molar-refractivity contribution in [3.05, 3.63) is 41.2 Å². The van der Waals surface area contributed by atoms with Crippen molar-refractivity contribution < 1.29 is 8.78 Å². The van der Waals surface area contributed by atoms with E-state index in [2.05, 4.69) is 20.7 Å². The summed E-state index contributed by atoms with van der Waals surface area (Å²) < 4.78 is 26.2. The monoisotopic (exact) mass is 293 g/mol. The molecule has 1 aromatic carbocycles. The predicted molar refractivity (Wildman–Crippen MR) is 78.2 cm³/mol. The van der Waals surface area contributed by atoms with Gasteiger partial charge in [-0.1, -0.05) is 6.92 Å². The Kier molecular flexibility index (Phi) is 4.64. The third-order valence-corrected chi connectivity index (χ3v) is 2.98. The molecule has 0 aliphatic rings. The Labute approximate surface area is 121 Å². The van der Waals surface area contributed by atoms with E-state index in [4.69, 9.17) is 5.84 Å². The van der Waals surface area contributed by atoms with Crippen LogP contribution in [0.1, 0.15) is 24.7 Å². The van der Waals surface area contributed by atoms with E-state index in [1.165, 1.54) is 6.07 Å². The van der Waals surface area contributed by atoms with Crippen molar-refractivity contribution in [2.75, 3.05) is 10.7 Å². The molecule has 0 radical (unpaired) electrons. The third-order valence-electron chi connectivity index (χ3n) is 2.98. The van der Waals surface area contributed by atoms with Crippen LogP contribution in [0.25, 0.3) is 0 Å². The fourth-order valence-corrected chi connectivity index (χ4v) is 1.87. The maximum atomic E-state index is 13.2. The summed E-state index contributed by atoms with van der Waals surface area (Å²) in [6.07, 6.45) is 1.58. The molecule has 0 saturated carbocycles. The Morgan fingerprint density at radius 3 is 2.48 bits per heavy atom. The fraction of sp³-hybridized carbons (Fsp3) is 0.286. The molecule has 0 spiro atoms. The number of nitrogens with zero attached hydrogens (tertiary/aromatic N) is 2. The Balaban J connectivity index is 2.37. The Bertz CT molecular complexity index is 646. The molecule has 4 N–H and O–H groups in total. The van der Waals surface area contributed by atoms with E-state index in [0.29, 0.717) is 35.1 Å². The van der Waals surface area contributed by atoms with Gasteiger partial charge in [0.25, 0.3) is 0 Å². The zero-order valence-electron chi connectivity index (χ0n) is 11.9. The standard InChI is InChI=1S/C14H17F2N5/c1-3-4-12-19-13(8(2)14(20-12)21-17)18-9-5-6-10(15)11(16)7-9/h5-7H,3-4,17H2,1-2H3,(H2,18,19,20,21). The third kappa shape index (κ3) is 3.43. The molecule has 0 amide bonds. The van der Waals surface area contributed by atoms with Crippen LogP contribution in [0.4, 0.5) is 26.1 Å². The summed E-state index contributed by atoms with van der Waals surface area (Å²) >= 11 is 0. The van der Waals surface area contributed by atoms with Gasteiger partial charge in [0, 0.05) is 23.7 Å². The number of anilines is 3. The maximum Gasteiger partial charge on any atom is 0.160 e. The van der Waals surface area contributed by atoms with Gasteiger partial charge in [0.1, 0.15) is 17.5 Å². The molecular formula is C14H17F2N5. The van der Waals surface area contributed by atoms with Gasteiger partial charge in [0.2, 0.25) is 0 Å². The lowest BCUT2D eigenvalue weighted by Crippen LogP contribution is -2.14. The summed E-state index contributed by atoms with van der Waals surface area (Å²) in [5.41, 5.74) is 3.62. The second-order valence-electron chi connectivity index (χ2n) is 4.61. The van der Waals surface area contributed by atoms with Crippen molar-refractivity contribution in [1.82, 2.24) is 9.97 Å². The van der Waals surface area contributed by atoms with E-state index >= 15 is 0 Å². The van der Waals surface area contributed by atoms with Crippen LogP contribution >= 0.6 is 0 Å². The molecule has 1 heterocycles. The highest BCUT2D eigenvalue weighted by Gasteiger charge is 2.11. The number of aromatic nitrogens is 2. The van der Waals surface area contributed by atoms with E-state index in [1.807, 2.05) is 6.92 Å². The molecule has 0 bridgehead atoms. The number of rotatable bonds is 5. The quantitative estimate of drug-likeness (QED) is 0.583. The second-order valence-corrected chi connectivity index (χ2v) is 4.61. The van der Waals surface area contributed by atoms with E-state index in [-0.39, 0.29) is 0 Å². The summed E-state index contributed by atoms with van der Waals surface area (Å²) in [6, 6.07) is 3.57. The first-order valence-corrected chi connectivity index (χ1v) is 6.61. The zero-order chi connectivity index (χ0) is 15.4. The van der Waals surface area contributed by atoms with Gasteiger partial charge in [0.15, 0.2) is 11.6 Å². The van der Waals surface area contributed by atoms with Gasteiger partial charge in [-0.2, -0.15) is 0 Å². The molecule has 2 rings (SSSR count). The molecule has 5 nitrogen and oxygen atoms in total. The van der Waals surface area contributed by atoms with E-state index in [1.54, 1.807) is 6.92 Å². The zero-order valence-corrected chi connectivity index (χ0v) is 11.9. The van der Waals surface area contributed by atoms with Crippen LogP contribution < -0.4 is 16.6 Å². The lowest BCUT2D eigenvalue weighted by Gasteiger charge is -2.13. The van der Waals surface area contributed by atoms with Crippen LogP contribution in [-0.2, 0) is 6.42 Å². The van der Waals surface area contributed by atoms with Gasteiger partial charge < -0.3 is 10.7 Å². The molecule has 0 aliphatic carbocycles. The second kappa shape index (κ2) is 6.45. The van der Waals surface area contributed by atoms with Crippen LogP contribution in [0.15, 0.2) is 18.2 Å². The number of hydrazine groups is 1. The number of hydrogen-bond acceptors (Lipinski definition) is 5. The topological polar surface area (TPSA) is 75.9 Å². The predicted octanol–water partition coefficient (Wildman–Crippen LogP) is 3.04. The molecule has 0 unspecified atom stereocenters. The Hall–Kier alpha value is -2.28. The summed E-state index contributed by atoms with van der Waals surface area (Å²) in [7, 11) is 0. The number of nitrogens with one attached hydrogen (secondary N) is 2.